The monoisotopic (exact) mass is 495 g/mol. The summed E-state index contributed by atoms with van der Waals surface area (Å²) in [4.78, 5) is 34.6. The highest BCUT2D eigenvalue weighted by Crippen LogP contribution is 2.33. The number of hydrogen-bond donors (Lipinski definition) is 1. The first-order valence-corrected chi connectivity index (χ1v) is 12.6. The summed E-state index contributed by atoms with van der Waals surface area (Å²) in [5.41, 5.74) is 0.273. The number of benzene rings is 1. The highest BCUT2D eigenvalue weighted by molar-refractivity contribution is 7.92. The molecule has 3 rings (SSSR count). The molecule has 1 aromatic heterocycles. The van der Waals surface area contributed by atoms with E-state index in [0.29, 0.717) is 18.4 Å². The molecule has 10 nitrogen and oxygen atoms in total. The van der Waals surface area contributed by atoms with Gasteiger partial charge in [-0.1, -0.05) is 28.6 Å². The van der Waals surface area contributed by atoms with E-state index < -0.39 is 27.8 Å². The third kappa shape index (κ3) is 6.36. The van der Waals surface area contributed by atoms with Crippen molar-refractivity contribution in [2.75, 3.05) is 25.6 Å². The van der Waals surface area contributed by atoms with Gasteiger partial charge in [-0.15, -0.1) is 0 Å². The number of sulfone groups is 1. The van der Waals surface area contributed by atoms with Gasteiger partial charge >= 0.3 is 5.97 Å². The summed E-state index contributed by atoms with van der Waals surface area (Å²) in [5, 5.41) is 6.40. The molecule has 1 aliphatic carbocycles. The van der Waals surface area contributed by atoms with Crippen molar-refractivity contribution in [2.45, 2.75) is 42.9 Å². The predicted octanol–water partition coefficient (Wildman–Crippen LogP) is 2.65. The lowest BCUT2D eigenvalue weighted by Crippen LogP contribution is -2.25. The highest BCUT2D eigenvalue weighted by atomic mass is 32.2. The van der Waals surface area contributed by atoms with E-state index in [1.807, 2.05) is 0 Å². The number of methoxy groups -OCH3 is 1. The number of esters is 1. The van der Waals surface area contributed by atoms with Crippen LogP contribution in [0.5, 0.6) is 0 Å². The van der Waals surface area contributed by atoms with E-state index in [2.05, 4.69) is 15.5 Å². The number of hydrogen-bond acceptors (Lipinski definition) is 10. The van der Waals surface area contributed by atoms with Gasteiger partial charge in [-0.25, -0.2) is 18.2 Å². The summed E-state index contributed by atoms with van der Waals surface area (Å²) in [5.74, 6) is -1.17. The molecule has 0 saturated heterocycles. The minimum Gasteiger partial charge on any atom is -0.462 e. The number of carbonyl (C=O) groups is 2. The molecule has 178 valence electrons. The van der Waals surface area contributed by atoms with Crippen LogP contribution >= 0.6 is 11.3 Å². The van der Waals surface area contributed by atoms with Crippen LogP contribution in [0.3, 0.4) is 0 Å². The minimum absolute atomic E-state index is 0.0822. The molecule has 1 amide bonds. The third-order valence-electron chi connectivity index (χ3n) is 4.56. The van der Waals surface area contributed by atoms with Crippen LogP contribution in [-0.4, -0.2) is 62.7 Å². The SMILES string of the molecule is CCOC(=O)c1cnc(NC(=O)/C(=N/O[C@H](C)COC)c2ccc(S(=O)(=O)C3CC3)cc2)s1. The van der Waals surface area contributed by atoms with Crippen molar-refractivity contribution < 1.29 is 32.3 Å². The fraction of sp³-hybridized carbons (Fsp3) is 0.429. The van der Waals surface area contributed by atoms with Crippen LogP contribution in [-0.2, 0) is 28.9 Å². The summed E-state index contributed by atoms with van der Waals surface area (Å²) >= 11 is 0.958. The van der Waals surface area contributed by atoms with E-state index in [-0.39, 0.29) is 39.1 Å². The molecular formula is C21H25N3O7S2. The van der Waals surface area contributed by atoms with Gasteiger partial charge in [0.05, 0.1) is 29.6 Å². The van der Waals surface area contributed by atoms with E-state index in [1.165, 1.54) is 37.6 Å². The molecule has 1 aromatic carbocycles. The molecule has 1 atom stereocenters. The van der Waals surface area contributed by atoms with Gasteiger partial charge in [0.25, 0.3) is 5.91 Å². The third-order valence-corrected chi connectivity index (χ3v) is 7.73. The van der Waals surface area contributed by atoms with Gasteiger partial charge in [-0.05, 0) is 38.8 Å². The summed E-state index contributed by atoms with van der Waals surface area (Å²) < 4.78 is 34.8. The maximum atomic E-state index is 13.0. The molecule has 1 aliphatic rings. The van der Waals surface area contributed by atoms with Crippen LogP contribution in [0, 0.1) is 0 Å². The van der Waals surface area contributed by atoms with Gasteiger partial charge in [0.15, 0.2) is 20.7 Å². The normalized spacial score (nSPS) is 15.1. The Morgan fingerprint density at radius 1 is 1.27 bits per heavy atom. The summed E-state index contributed by atoms with van der Waals surface area (Å²) in [6, 6.07) is 5.91. The zero-order valence-corrected chi connectivity index (χ0v) is 20.1. The lowest BCUT2D eigenvalue weighted by molar-refractivity contribution is -0.110. The second-order valence-corrected chi connectivity index (χ2v) is 10.5. The number of rotatable bonds is 11. The Labute approximate surface area is 195 Å². The van der Waals surface area contributed by atoms with Crippen molar-refractivity contribution in [1.82, 2.24) is 4.98 Å². The van der Waals surface area contributed by atoms with Crippen LogP contribution in [0.15, 0.2) is 40.5 Å². The maximum absolute atomic E-state index is 13.0. The second kappa shape index (κ2) is 10.9. The number of nitrogens with zero attached hydrogens (tertiary/aromatic N) is 2. The Kier molecular flexibility index (Phi) is 8.16. The van der Waals surface area contributed by atoms with Crippen LogP contribution in [0.1, 0.15) is 41.9 Å². The highest BCUT2D eigenvalue weighted by Gasteiger charge is 2.36. The number of nitrogens with one attached hydrogen (secondary N) is 1. The molecule has 0 radical (unpaired) electrons. The Balaban J connectivity index is 1.82. The van der Waals surface area contributed by atoms with Crippen LogP contribution < -0.4 is 5.32 Å². The Bertz CT molecular complexity index is 1120. The number of carbonyl (C=O) groups excluding carboxylic acids is 2. The molecule has 0 bridgehead atoms. The lowest BCUT2D eigenvalue weighted by atomic mass is 10.1. The zero-order valence-electron chi connectivity index (χ0n) is 18.4. The van der Waals surface area contributed by atoms with Gasteiger partial charge in [0.2, 0.25) is 0 Å². The van der Waals surface area contributed by atoms with E-state index in [0.717, 1.165) is 11.3 Å². The number of amides is 1. The fourth-order valence-electron chi connectivity index (χ4n) is 2.79. The molecule has 12 heteroatoms. The number of oxime groups is 1. The number of aromatic nitrogens is 1. The summed E-state index contributed by atoms with van der Waals surface area (Å²) in [7, 11) is -1.85. The number of ether oxygens (including phenoxy) is 2. The maximum Gasteiger partial charge on any atom is 0.350 e. The first-order chi connectivity index (χ1) is 15.8. The van der Waals surface area contributed by atoms with Crippen molar-refractivity contribution in [1.29, 1.82) is 0 Å². The first-order valence-electron chi connectivity index (χ1n) is 10.3. The van der Waals surface area contributed by atoms with Crippen molar-refractivity contribution in [3.05, 3.63) is 40.9 Å². The lowest BCUT2D eigenvalue weighted by Gasteiger charge is -2.11. The molecule has 33 heavy (non-hydrogen) atoms. The van der Waals surface area contributed by atoms with E-state index in [1.54, 1.807) is 13.8 Å². The van der Waals surface area contributed by atoms with Crippen LogP contribution in [0.25, 0.3) is 0 Å². The first kappa shape index (κ1) is 24.8. The molecule has 1 saturated carbocycles. The summed E-state index contributed by atoms with van der Waals surface area (Å²) in [6.07, 6.45) is 2.20. The number of thiazole rings is 1. The molecule has 1 heterocycles. The fourth-order valence-corrected chi connectivity index (χ4v) is 5.15. The van der Waals surface area contributed by atoms with Gasteiger partial charge < -0.3 is 14.3 Å². The molecule has 1 N–H and O–H groups in total. The van der Waals surface area contributed by atoms with E-state index in [4.69, 9.17) is 14.3 Å². The minimum atomic E-state index is -3.36. The standard InChI is InChI=1S/C21H25N3O7S2/c1-4-30-20(26)17-11-22-21(32-17)23-19(25)18(24-31-13(2)12-29-3)14-5-7-15(8-6-14)33(27,28)16-9-10-16/h5-8,11,13,16H,4,9-10,12H2,1-3H3,(H,22,23,25)/b24-18+/t13-/m1/s1. The molecule has 0 spiro atoms. The smallest absolute Gasteiger partial charge is 0.350 e. The molecular weight excluding hydrogens is 470 g/mol. The van der Waals surface area contributed by atoms with Crippen molar-refractivity contribution in [2.24, 2.45) is 5.16 Å². The Morgan fingerprint density at radius 2 is 1.97 bits per heavy atom. The van der Waals surface area contributed by atoms with Gasteiger partial charge in [0.1, 0.15) is 11.0 Å². The molecule has 2 aromatic rings. The average molecular weight is 496 g/mol. The van der Waals surface area contributed by atoms with Crippen molar-refractivity contribution >= 4 is 43.9 Å². The molecule has 0 unspecified atom stereocenters. The van der Waals surface area contributed by atoms with Gasteiger partial charge in [-0.3, -0.25) is 10.1 Å². The van der Waals surface area contributed by atoms with E-state index in [9.17, 15) is 18.0 Å². The Hall–Kier alpha value is -2.83. The Morgan fingerprint density at radius 3 is 2.58 bits per heavy atom. The quantitative estimate of drug-likeness (QED) is 0.286. The van der Waals surface area contributed by atoms with Crippen LogP contribution in [0.4, 0.5) is 5.13 Å². The molecule has 1 fully saturated rings. The largest absolute Gasteiger partial charge is 0.462 e. The van der Waals surface area contributed by atoms with E-state index >= 15 is 0 Å². The average Bonchev–Trinajstić information content (AvgIpc) is 3.55. The topological polar surface area (TPSA) is 133 Å². The van der Waals surface area contributed by atoms with Crippen molar-refractivity contribution in [3.63, 3.8) is 0 Å². The molecule has 0 aliphatic heterocycles. The second-order valence-electron chi connectivity index (χ2n) is 7.28. The zero-order chi connectivity index (χ0) is 24.0. The summed E-state index contributed by atoms with van der Waals surface area (Å²) in [6.45, 7) is 3.89. The predicted molar refractivity (Wildman–Crippen MR) is 122 cm³/mol. The van der Waals surface area contributed by atoms with Crippen LogP contribution in [0.2, 0.25) is 0 Å². The van der Waals surface area contributed by atoms with Gasteiger partial charge in [-0.2, -0.15) is 0 Å². The number of anilines is 1. The van der Waals surface area contributed by atoms with Gasteiger partial charge in [0, 0.05) is 12.7 Å². The van der Waals surface area contributed by atoms with Crippen molar-refractivity contribution in [3.8, 4) is 0 Å².